The Balaban J connectivity index is 2.50. The highest BCUT2D eigenvalue weighted by Crippen LogP contribution is 1.98. The minimum Gasteiger partial charge on any atom is -0.289 e. The molecule has 0 aliphatic rings. The molecule has 1 atom stereocenters. The van der Waals surface area contributed by atoms with Crippen LogP contribution >= 0.6 is 0 Å². The molecular weight excluding hydrogens is 190 g/mol. The molecule has 0 spiro atoms. The number of amides is 1. The van der Waals surface area contributed by atoms with E-state index in [0.717, 1.165) is 5.56 Å². The lowest BCUT2D eigenvalue weighted by Crippen LogP contribution is -2.26. The van der Waals surface area contributed by atoms with Crippen LogP contribution in [0.3, 0.4) is 0 Å². The summed E-state index contributed by atoms with van der Waals surface area (Å²) >= 11 is -2.27. The molecule has 1 rings (SSSR count). The zero-order valence-electron chi connectivity index (χ0n) is 6.77. The van der Waals surface area contributed by atoms with Crippen LogP contribution in [0.15, 0.2) is 30.3 Å². The topological polar surface area (TPSA) is 66.4 Å². The second kappa shape index (κ2) is 4.74. The third-order valence-electron chi connectivity index (χ3n) is 1.41. The van der Waals surface area contributed by atoms with Gasteiger partial charge < -0.3 is 0 Å². The summed E-state index contributed by atoms with van der Waals surface area (Å²) in [6.07, 6.45) is 0.118. The summed E-state index contributed by atoms with van der Waals surface area (Å²) in [4.78, 5) is 11.0. The summed E-state index contributed by atoms with van der Waals surface area (Å²) in [5, 5.41) is 0. The Morgan fingerprint density at radius 2 is 2.00 bits per heavy atom. The molecule has 0 aromatic heterocycles. The molecule has 1 amide bonds. The summed E-state index contributed by atoms with van der Waals surface area (Å²) in [5.74, 6) is -0.466. The van der Waals surface area contributed by atoms with Crippen LogP contribution in [0, 0.1) is 0 Å². The van der Waals surface area contributed by atoms with Gasteiger partial charge in [-0.05, 0) is 5.56 Å². The van der Waals surface area contributed by atoms with Crippen molar-refractivity contribution in [2.45, 2.75) is 6.42 Å². The van der Waals surface area contributed by atoms with E-state index in [9.17, 15) is 9.00 Å². The molecule has 0 aliphatic carbocycles. The highest BCUT2D eigenvalue weighted by Gasteiger charge is 2.04. The summed E-state index contributed by atoms with van der Waals surface area (Å²) in [5.41, 5.74) is 0.811. The molecule has 5 heteroatoms. The summed E-state index contributed by atoms with van der Waals surface area (Å²) < 4.78 is 20.4. The maximum Gasteiger partial charge on any atom is 0.261 e. The number of benzene rings is 1. The van der Waals surface area contributed by atoms with Gasteiger partial charge in [-0.1, -0.05) is 30.3 Å². The molecule has 0 aliphatic heterocycles. The predicted octanol–water partition coefficient (Wildman–Crippen LogP) is 0.482. The number of hydrogen-bond acceptors (Lipinski definition) is 2. The van der Waals surface area contributed by atoms with E-state index in [-0.39, 0.29) is 6.42 Å². The number of hydrogen-bond donors (Lipinski definition) is 2. The molecule has 1 aromatic carbocycles. The minimum atomic E-state index is -2.27. The molecule has 0 heterocycles. The van der Waals surface area contributed by atoms with Gasteiger partial charge >= 0.3 is 0 Å². The van der Waals surface area contributed by atoms with Gasteiger partial charge in [0.25, 0.3) is 11.3 Å². The Morgan fingerprint density at radius 1 is 1.38 bits per heavy atom. The van der Waals surface area contributed by atoms with Crippen LogP contribution in [-0.4, -0.2) is 14.7 Å². The van der Waals surface area contributed by atoms with Gasteiger partial charge in [0.05, 0.1) is 6.42 Å². The van der Waals surface area contributed by atoms with Crippen molar-refractivity contribution in [3.05, 3.63) is 35.9 Å². The SMILES string of the molecule is O=C(Cc1ccccc1)NS(=O)O. The first-order valence-electron chi connectivity index (χ1n) is 3.63. The maximum atomic E-state index is 11.0. The van der Waals surface area contributed by atoms with Gasteiger partial charge in [-0.15, -0.1) is 0 Å². The Bertz CT molecular complexity index is 312. The van der Waals surface area contributed by atoms with Gasteiger partial charge in [-0.2, -0.15) is 0 Å². The van der Waals surface area contributed by atoms with Crippen molar-refractivity contribution in [3.8, 4) is 0 Å². The Labute approximate surface area is 78.4 Å². The first kappa shape index (κ1) is 9.88. The van der Waals surface area contributed by atoms with Crippen molar-refractivity contribution in [1.82, 2.24) is 4.72 Å². The van der Waals surface area contributed by atoms with Crippen LogP contribution in [0.5, 0.6) is 0 Å². The van der Waals surface area contributed by atoms with Crippen LogP contribution in [0.4, 0.5) is 0 Å². The quantitative estimate of drug-likeness (QED) is 0.696. The zero-order chi connectivity index (χ0) is 9.68. The third-order valence-corrected chi connectivity index (χ3v) is 1.81. The van der Waals surface area contributed by atoms with E-state index in [4.69, 9.17) is 4.55 Å². The van der Waals surface area contributed by atoms with Crippen molar-refractivity contribution in [2.24, 2.45) is 0 Å². The highest BCUT2D eigenvalue weighted by molar-refractivity contribution is 7.77. The van der Waals surface area contributed by atoms with E-state index in [1.807, 2.05) is 10.8 Å². The summed E-state index contributed by atoms with van der Waals surface area (Å²) in [6.45, 7) is 0. The third kappa shape index (κ3) is 3.82. The second-order valence-corrected chi connectivity index (χ2v) is 3.14. The van der Waals surface area contributed by atoms with Crippen LogP contribution < -0.4 is 4.72 Å². The molecule has 0 saturated carbocycles. The van der Waals surface area contributed by atoms with Gasteiger partial charge in [-0.25, -0.2) is 4.21 Å². The maximum absolute atomic E-state index is 11.0. The van der Waals surface area contributed by atoms with E-state index < -0.39 is 17.2 Å². The average Bonchev–Trinajstić information content (AvgIpc) is 2.04. The van der Waals surface area contributed by atoms with Crippen molar-refractivity contribution < 1.29 is 13.6 Å². The van der Waals surface area contributed by atoms with Gasteiger partial charge in [0.1, 0.15) is 0 Å². The van der Waals surface area contributed by atoms with Gasteiger partial charge in [-0.3, -0.25) is 14.1 Å². The van der Waals surface area contributed by atoms with E-state index in [1.165, 1.54) is 0 Å². The molecule has 70 valence electrons. The van der Waals surface area contributed by atoms with Crippen molar-refractivity contribution in [1.29, 1.82) is 0 Å². The molecule has 0 saturated heterocycles. The first-order chi connectivity index (χ1) is 6.18. The Hall–Kier alpha value is -1.20. The fraction of sp³-hybridized carbons (Fsp3) is 0.125. The van der Waals surface area contributed by atoms with Crippen LogP contribution in [-0.2, 0) is 22.5 Å². The fourth-order valence-electron chi connectivity index (χ4n) is 0.915. The lowest BCUT2D eigenvalue weighted by atomic mass is 10.1. The van der Waals surface area contributed by atoms with E-state index >= 15 is 0 Å². The summed E-state index contributed by atoms with van der Waals surface area (Å²) in [7, 11) is 0. The molecule has 2 N–H and O–H groups in total. The van der Waals surface area contributed by atoms with Crippen LogP contribution in [0.2, 0.25) is 0 Å². The first-order valence-corrected chi connectivity index (χ1v) is 4.73. The van der Waals surface area contributed by atoms with Crippen LogP contribution in [0.25, 0.3) is 0 Å². The normalized spacial score (nSPS) is 12.1. The number of carbonyl (C=O) groups is 1. The van der Waals surface area contributed by atoms with Gasteiger partial charge in [0, 0.05) is 0 Å². The molecule has 13 heavy (non-hydrogen) atoms. The minimum absolute atomic E-state index is 0.118. The molecule has 0 bridgehead atoms. The zero-order valence-corrected chi connectivity index (χ0v) is 7.58. The standard InChI is InChI=1S/C8H9NO3S/c10-8(9-13(11)12)6-7-4-2-1-3-5-7/h1-5H,6H2,(H,9,10)(H,11,12). The number of carbonyl (C=O) groups excluding carboxylic acids is 1. The summed E-state index contributed by atoms with van der Waals surface area (Å²) in [6, 6.07) is 9.00. The molecule has 0 fully saturated rings. The lowest BCUT2D eigenvalue weighted by Gasteiger charge is -1.99. The van der Waals surface area contributed by atoms with Gasteiger partial charge in [0.2, 0.25) is 5.91 Å². The molecule has 1 aromatic rings. The van der Waals surface area contributed by atoms with Crippen molar-refractivity contribution in [3.63, 3.8) is 0 Å². The largest absolute Gasteiger partial charge is 0.289 e. The average molecular weight is 199 g/mol. The van der Waals surface area contributed by atoms with Crippen molar-refractivity contribution >= 4 is 17.2 Å². The molecule has 0 radical (unpaired) electrons. The number of rotatable bonds is 3. The second-order valence-electron chi connectivity index (χ2n) is 2.44. The number of nitrogens with one attached hydrogen (secondary N) is 1. The molecular formula is C8H9NO3S. The monoisotopic (exact) mass is 199 g/mol. The Morgan fingerprint density at radius 3 is 2.54 bits per heavy atom. The van der Waals surface area contributed by atoms with E-state index in [0.29, 0.717) is 0 Å². The Kier molecular flexibility index (Phi) is 3.60. The smallest absolute Gasteiger partial charge is 0.261 e. The van der Waals surface area contributed by atoms with E-state index in [2.05, 4.69) is 0 Å². The predicted molar refractivity (Wildman–Crippen MR) is 49.1 cm³/mol. The molecule has 1 unspecified atom stereocenters. The molecule has 4 nitrogen and oxygen atoms in total. The van der Waals surface area contributed by atoms with Gasteiger partial charge in [0.15, 0.2) is 0 Å². The van der Waals surface area contributed by atoms with Crippen LogP contribution in [0.1, 0.15) is 5.56 Å². The highest BCUT2D eigenvalue weighted by atomic mass is 32.2. The van der Waals surface area contributed by atoms with Crippen molar-refractivity contribution in [2.75, 3.05) is 0 Å². The fourth-order valence-corrected chi connectivity index (χ4v) is 1.18. The van der Waals surface area contributed by atoms with E-state index in [1.54, 1.807) is 24.3 Å². The lowest BCUT2D eigenvalue weighted by molar-refractivity contribution is -0.118.